The number of nitrogens with zero attached hydrogens (tertiary/aromatic N) is 1. The van der Waals surface area contributed by atoms with Crippen LogP contribution in [0.3, 0.4) is 0 Å². The number of hydrogen-bond donors (Lipinski definition) is 1. The molecule has 0 saturated heterocycles. The lowest BCUT2D eigenvalue weighted by Gasteiger charge is -2.34. The maximum Gasteiger partial charge on any atom is 0.123 e. The van der Waals surface area contributed by atoms with Gasteiger partial charge in [0, 0.05) is 24.7 Å². The van der Waals surface area contributed by atoms with Crippen LogP contribution in [0.4, 0.5) is 0 Å². The monoisotopic (exact) mass is 290 g/mol. The molecular weight excluding hydrogens is 260 g/mol. The van der Waals surface area contributed by atoms with Crippen LogP contribution in [0, 0.1) is 5.92 Å². The van der Waals surface area contributed by atoms with E-state index >= 15 is 0 Å². The van der Waals surface area contributed by atoms with Gasteiger partial charge in [0.05, 0.1) is 7.11 Å². The zero-order valence-electron chi connectivity index (χ0n) is 13.8. The molecule has 1 aromatic rings. The van der Waals surface area contributed by atoms with Crippen molar-refractivity contribution < 1.29 is 4.74 Å². The summed E-state index contributed by atoms with van der Waals surface area (Å²) in [6, 6.07) is 8.72. The normalized spacial score (nSPS) is 16.8. The molecule has 21 heavy (non-hydrogen) atoms. The van der Waals surface area contributed by atoms with Crippen molar-refractivity contribution in [1.29, 1.82) is 0 Å². The summed E-state index contributed by atoms with van der Waals surface area (Å²) >= 11 is 0. The van der Waals surface area contributed by atoms with E-state index in [9.17, 15) is 0 Å². The standard InChI is InChI=1S/C18H30N2O/c1-4-19-17(16-11-6-7-12-18(16)21-3)14-20(5-2)13-15-9-8-10-15/h6-7,11-12,15,17,19H,4-5,8-10,13-14H2,1-3H3. The molecule has 1 saturated carbocycles. The topological polar surface area (TPSA) is 24.5 Å². The highest BCUT2D eigenvalue weighted by atomic mass is 16.5. The summed E-state index contributed by atoms with van der Waals surface area (Å²) < 4.78 is 5.54. The molecule has 0 amide bonds. The number of methoxy groups -OCH3 is 1. The van der Waals surface area contributed by atoms with Gasteiger partial charge in [-0.3, -0.25) is 0 Å². The minimum atomic E-state index is 0.339. The van der Waals surface area contributed by atoms with Gasteiger partial charge in [-0.05, 0) is 37.9 Å². The molecule has 0 aromatic heterocycles. The van der Waals surface area contributed by atoms with Gasteiger partial charge < -0.3 is 15.0 Å². The number of nitrogens with one attached hydrogen (secondary N) is 1. The van der Waals surface area contributed by atoms with E-state index in [2.05, 4.69) is 42.3 Å². The third-order valence-electron chi connectivity index (χ3n) is 4.59. The first-order chi connectivity index (χ1) is 10.3. The quantitative estimate of drug-likeness (QED) is 0.753. The van der Waals surface area contributed by atoms with Crippen molar-refractivity contribution in [2.75, 3.05) is 33.3 Å². The summed E-state index contributed by atoms with van der Waals surface area (Å²) in [6.45, 7) is 8.83. The molecule has 1 aliphatic carbocycles. The van der Waals surface area contributed by atoms with E-state index in [4.69, 9.17) is 4.74 Å². The molecule has 118 valence electrons. The van der Waals surface area contributed by atoms with Gasteiger partial charge in [-0.15, -0.1) is 0 Å². The van der Waals surface area contributed by atoms with Crippen molar-refractivity contribution in [1.82, 2.24) is 10.2 Å². The van der Waals surface area contributed by atoms with Crippen LogP contribution in [0.15, 0.2) is 24.3 Å². The second kappa shape index (κ2) is 8.40. The minimum Gasteiger partial charge on any atom is -0.496 e. The van der Waals surface area contributed by atoms with Crippen LogP contribution in [0.1, 0.15) is 44.7 Å². The molecule has 0 radical (unpaired) electrons. The fraction of sp³-hybridized carbons (Fsp3) is 0.667. The molecule has 1 unspecified atom stereocenters. The molecule has 1 N–H and O–H groups in total. The summed E-state index contributed by atoms with van der Waals surface area (Å²) in [5, 5.41) is 3.63. The smallest absolute Gasteiger partial charge is 0.123 e. The Morgan fingerprint density at radius 1 is 1.29 bits per heavy atom. The summed E-state index contributed by atoms with van der Waals surface area (Å²) in [6.07, 6.45) is 4.25. The van der Waals surface area contributed by atoms with Crippen molar-refractivity contribution in [3.05, 3.63) is 29.8 Å². The summed E-state index contributed by atoms with van der Waals surface area (Å²) in [5.41, 5.74) is 1.27. The van der Waals surface area contributed by atoms with E-state index in [1.165, 1.54) is 31.4 Å². The summed E-state index contributed by atoms with van der Waals surface area (Å²) in [7, 11) is 1.76. The van der Waals surface area contributed by atoms with Gasteiger partial charge in [0.15, 0.2) is 0 Å². The Hall–Kier alpha value is -1.06. The van der Waals surface area contributed by atoms with Crippen LogP contribution in [0.2, 0.25) is 0 Å². The van der Waals surface area contributed by atoms with Crippen molar-refractivity contribution in [2.24, 2.45) is 5.92 Å². The zero-order valence-corrected chi connectivity index (χ0v) is 13.8. The molecule has 0 bridgehead atoms. The molecule has 1 atom stereocenters. The van der Waals surface area contributed by atoms with E-state index in [0.717, 1.165) is 31.3 Å². The summed E-state index contributed by atoms with van der Waals surface area (Å²) in [4.78, 5) is 2.59. The molecule has 3 heteroatoms. The fourth-order valence-electron chi connectivity index (χ4n) is 3.11. The first-order valence-electron chi connectivity index (χ1n) is 8.37. The van der Waals surface area contributed by atoms with E-state index in [0.29, 0.717) is 6.04 Å². The van der Waals surface area contributed by atoms with Gasteiger partial charge in [-0.1, -0.05) is 38.5 Å². The van der Waals surface area contributed by atoms with E-state index in [-0.39, 0.29) is 0 Å². The number of rotatable bonds is 9. The van der Waals surface area contributed by atoms with Crippen molar-refractivity contribution in [3.63, 3.8) is 0 Å². The Bertz CT molecular complexity index is 417. The summed E-state index contributed by atoms with van der Waals surface area (Å²) in [5.74, 6) is 1.91. The second-order valence-electron chi connectivity index (χ2n) is 6.00. The van der Waals surface area contributed by atoms with Crippen molar-refractivity contribution >= 4 is 0 Å². The van der Waals surface area contributed by atoms with E-state index in [1.807, 2.05) is 6.07 Å². The maximum atomic E-state index is 5.54. The molecular formula is C18H30N2O. The number of hydrogen-bond acceptors (Lipinski definition) is 3. The van der Waals surface area contributed by atoms with Crippen LogP contribution in [-0.4, -0.2) is 38.2 Å². The molecule has 1 fully saturated rings. The molecule has 1 aromatic carbocycles. The Balaban J connectivity index is 2.05. The molecule has 1 aliphatic rings. The Kier molecular flexibility index (Phi) is 6.52. The molecule has 0 spiro atoms. The molecule has 3 nitrogen and oxygen atoms in total. The van der Waals surface area contributed by atoms with Crippen molar-refractivity contribution in [2.45, 2.75) is 39.2 Å². The molecule has 0 heterocycles. The predicted molar refractivity (Wildman–Crippen MR) is 88.9 cm³/mol. The van der Waals surface area contributed by atoms with Crippen LogP contribution in [0.5, 0.6) is 5.75 Å². The number of ether oxygens (including phenoxy) is 1. The fourth-order valence-corrected chi connectivity index (χ4v) is 3.11. The van der Waals surface area contributed by atoms with Gasteiger partial charge in [0.1, 0.15) is 5.75 Å². The highest BCUT2D eigenvalue weighted by Crippen LogP contribution is 2.29. The largest absolute Gasteiger partial charge is 0.496 e. The highest BCUT2D eigenvalue weighted by molar-refractivity contribution is 5.36. The van der Waals surface area contributed by atoms with Gasteiger partial charge in [-0.25, -0.2) is 0 Å². The van der Waals surface area contributed by atoms with Crippen LogP contribution in [0.25, 0.3) is 0 Å². The van der Waals surface area contributed by atoms with Crippen molar-refractivity contribution in [3.8, 4) is 5.75 Å². The van der Waals surface area contributed by atoms with E-state index < -0.39 is 0 Å². The van der Waals surface area contributed by atoms with Crippen LogP contribution >= 0.6 is 0 Å². The van der Waals surface area contributed by atoms with E-state index in [1.54, 1.807) is 7.11 Å². The molecule has 2 rings (SSSR count). The predicted octanol–water partition coefficient (Wildman–Crippen LogP) is 3.47. The Morgan fingerprint density at radius 3 is 2.62 bits per heavy atom. The van der Waals surface area contributed by atoms with Gasteiger partial charge >= 0.3 is 0 Å². The Morgan fingerprint density at radius 2 is 2.05 bits per heavy atom. The first-order valence-corrected chi connectivity index (χ1v) is 8.37. The Labute approximate surface area is 129 Å². The highest BCUT2D eigenvalue weighted by Gasteiger charge is 2.23. The zero-order chi connectivity index (χ0) is 15.1. The minimum absolute atomic E-state index is 0.339. The van der Waals surface area contributed by atoms with Crippen LogP contribution in [-0.2, 0) is 0 Å². The van der Waals surface area contributed by atoms with Gasteiger partial charge in [0.2, 0.25) is 0 Å². The lowest BCUT2D eigenvalue weighted by molar-refractivity contribution is 0.170. The number of para-hydroxylation sites is 1. The van der Waals surface area contributed by atoms with Crippen LogP contribution < -0.4 is 10.1 Å². The average molecular weight is 290 g/mol. The first kappa shape index (κ1) is 16.3. The number of benzene rings is 1. The maximum absolute atomic E-state index is 5.54. The third kappa shape index (κ3) is 4.45. The lowest BCUT2D eigenvalue weighted by Crippen LogP contribution is -2.39. The van der Waals surface area contributed by atoms with Gasteiger partial charge in [0.25, 0.3) is 0 Å². The second-order valence-corrected chi connectivity index (χ2v) is 6.00. The lowest BCUT2D eigenvalue weighted by atomic mass is 9.85. The number of likely N-dealkylation sites (N-methyl/N-ethyl adjacent to an activating group) is 2. The van der Waals surface area contributed by atoms with Gasteiger partial charge in [-0.2, -0.15) is 0 Å². The average Bonchev–Trinajstić information content (AvgIpc) is 2.48. The SMILES string of the molecule is CCNC(CN(CC)CC1CCC1)c1ccccc1OC. The third-order valence-corrected chi connectivity index (χ3v) is 4.59. The molecule has 0 aliphatic heterocycles.